The van der Waals surface area contributed by atoms with Crippen LogP contribution in [0.1, 0.15) is 26.3 Å². The summed E-state index contributed by atoms with van der Waals surface area (Å²) < 4.78 is 0. The van der Waals surface area contributed by atoms with E-state index in [0.29, 0.717) is 16.8 Å². The largest absolute Gasteiger partial charge is 0.356 e. The number of carbonyl (C=O) groups excluding carboxylic acids is 2. The molecule has 0 saturated heterocycles. The molecule has 2 aromatic rings. The summed E-state index contributed by atoms with van der Waals surface area (Å²) >= 11 is 0. The molecule has 0 aliphatic carbocycles. The molecule has 4 rings (SSSR count). The van der Waals surface area contributed by atoms with E-state index in [-0.39, 0.29) is 18.4 Å². The number of para-hydroxylation sites is 1. The first kappa shape index (κ1) is 13.5. The molecule has 2 heterocycles. The number of hydrogen-bond acceptors (Lipinski definition) is 4. The average molecular weight is 303 g/mol. The highest BCUT2D eigenvalue weighted by molar-refractivity contribution is 6.21. The summed E-state index contributed by atoms with van der Waals surface area (Å²) in [6.07, 6.45) is 3.39. The first-order valence-corrected chi connectivity index (χ1v) is 7.27. The van der Waals surface area contributed by atoms with Gasteiger partial charge in [0.2, 0.25) is 0 Å². The normalized spacial score (nSPS) is 15.7. The van der Waals surface area contributed by atoms with Gasteiger partial charge >= 0.3 is 0 Å². The fraction of sp³-hybridized carbons (Fsp3) is 0.0556. The van der Waals surface area contributed by atoms with Gasteiger partial charge in [-0.25, -0.2) is 0 Å². The fourth-order valence-corrected chi connectivity index (χ4v) is 2.77. The second-order valence-corrected chi connectivity index (χ2v) is 5.39. The van der Waals surface area contributed by atoms with Gasteiger partial charge in [0.25, 0.3) is 11.8 Å². The molecule has 23 heavy (non-hydrogen) atoms. The highest BCUT2D eigenvalue weighted by Crippen LogP contribution is 2.24. The lowest BCUT2D eigenvalue weighted by Gasteiger charge is -2.17. The van der Waals surface area contributed by atoms with Crippen molar-refractivity contribution in [3.63, 3.8) is 0 Å². The number of aliphatic imine (C=N–C) groups is 1. The highest BCUT2D eigenvalue weighted by atomic mass is 16.2. The van der Waals surface area contributed by atoms with E-state index in [1.165, 1.54) is 4.90 Å². The molecule has 0 atom stereocenters. The zero-order valence-electron chi connectivity index (χ0n) is 12.2. The van der Waals surface area contributed by atoms with Gasteiger partial charge in [-0.3, -0.25) is 19.5 Å². The Morgan fingerprint density at radius 1 is 0.913 bits per heavy atom. The lowest BCUT2D eigenvalue weighted by molar-refractivity contribution is 0.0668. The summed E-state index contributed by atoms with van der Waals surface area (Å²) in [4.78, 5) is 30.3. The first-order chi connectivity index (χ1) is 11.2. The SMILES string of the molecule is O=C1c2ccccc2C(=O)N1CC1=CN=Cc2ccccc2N1. The quantitative estimate of drug-likeness (QED) is 0.868. The Kier molecular flexibility index (Phi) is 3.05. The molecular formula is C18H13N3O2. The number of benzene rings is 2. The Morgan fingerprint density at radius 3 is 2.30 bits per heavy atom. The number of nitrogens with zero attached hydrogens (tertiary/aromatic N) is 2. The molecule has 2 aliphatic heterocycles. The number of anilines is 1. The third-order valence-electron chi connectivity index (χ3n) is 3.91. The molecule has 0 radical (unpaired) electrons. The van der Waals surface area contributed by atoms with Crippen molar-refractivity contribution < 1.29 is 9.59 Å². The minimum atomic E-state index is -0.269. The van der Waals surface area contributed by atoms with Crippen molar-refractivity contribution in [3.8, 4) is 0 Å². The van der Waals surface area contributed by atoms with E-state index in [1.807, 2.05) is 24.3 Å². The van der Waals surface area contributed by atoms with Crippen LogP contribution >= 0.6 is 0 Å². The van der Waals surface area contributed by atoms with Gasteiger partial charge in [-0.1, -0.05) is 30.3 Å². The van der Waals surface area contributed by atoms with Crippen LogP contribution < -0.4 is 5.32 Å². The maximum atomic E-state index is 12.4. The zero-order chi connectivity index (χ0) is 15.8. The Balaban J connectivity index is 1.61. The van der Waals surface area contributed by atoms with E-state index in [4.69, 9.17) is 0 Å². The van der Waals surface area contributed by atoms with Gasteiger partial charge in [0.05, 0.1) is 23.4 Å². The van der Waals surface area contributed by atoms with E-state index in [2.05, 4.69) is 10.3 Å². The van der Waals surface area contributed by atoms with Crippen LogP contribution in [0.2, 0.25) is 0 Å². The van der Waals surface area contributed by atoms with Crippen LogP contribution in [0.5, 0.6) is 0 Å². The van der Waals surface area contributed by atoms with E-state index in [1.54, 1.807) is 36.7 Å². The van der Waals surface area contributed by atoms with Crippen molar-refractivity contribution in [1.29, 1.82) is 0 Å². The van der Waals surface area contributed by atoms with Crippen molar-refractivity contribution in [3.05, 3.63) is 77.1 Å². The molecule has 0 spiro atoms. The van der Waals surface area contributed by atoms with E-state index >= 15 is 0 Å². The van der Waals surface area contributed by atoms with Crippen LogP contribution in [0.25, 0.3) is 0 Å². The van der Waals surface area contributed by atoms with Crippen LogP contribution in [-0.2, 0) is 0 Å². The van der Waals surface area contributed by atoms with Crippen LogP contribution in [0.3, 0.4) is 0 Å². The molecule has 112 valence electrons. The molecule has 1 N–H and O–H groups in total. The van der Waals surface area contributed by atoms with Crippen LogP contribution in [-0.4, -0.2) is 29.5 Å². The third-order valence-corrected chi connectivity index (χ3v) is 3.91. The molecule has 0 bridgehead atoms. The number of imide groups is 1. The number of nitrogens with one attached hydrogen (secondary N) is 1. The minimum Gasteiger partial charge on any atom is -0.356 e. The average Bonchev–Trinajstić information content (AvgIpc) is 2.74. The number of amides is 2. The number of carbonyl (C=O) groups is 2. The molecule has 2 aromatic carbocycles. The van der Waals surface area contributed by atoms with Gasteiger partial charge in [0.15, 0.2) is 0 Å². The molecule has 5 nitrogen and oxygen atoms in total. The summed E-state index contributed by atoms with van der Waals surface area (Å²) in [5.41, 5.74) is 3.46. The molecular weight excluding hydrogens is 290 g/mol. The Hall–Kier alpha value is -3.21. The summed E-state index contributed by atoms with van der Waals surface area (Å²) in [5.74, 6) is -0.537. The Morgan fingerprint density at radius 2 is 1.57 bits per heavy atom. The topological polar surface area (TPSA) is 61.8 Å². The maximum absolute atomic E-state index is 12.4. The molecule has 0 fully saturated rings. The molecule has 2 aliphatic rings. The molecule has 0 unspecified atom stereocenters. The van der Waals surface area contributed by atoms with Crippen LogP contribution in [0.15, 0.2) is 65.4 Å². The summed E-state index contributed by atoms with van der Waals surface area (Å²) in [6, 6.07) is 14.6. The van der Waals surface area contributed by atoms with Gasteiger partial charge in [0, 0.05) is 23.7 Å². The number of fused-ring (bicyclic) bond motifs is 2. The number of hydrogen-bond donors (Lipinski definition) is 1. The van der Waals surface area contributed by atoms with Crippen LogP contribution in [0, 0.1) is 0 Å². The predicted molar refractivity (Wildman–Crippen MR) is 87.6 cm³/mol. The number of rotatable bonds is 2. The van der Waals surface area contributed by atoms with Crippen molar-refractivity contribution in [2.75, 3.05) is 11.9 Å². The van der Waals surface area contributed by atoms with Crippen molar-refractivity contribution >= 4 is 23.7 Å². The van der Waals surface area contributed by atoms with Gasteiger partial charge in [-0.2, -0.15) is 0 Å². The van der Waals surface area contributed by atoms with Gasteiger partial charge in [0.1, 0.15) is 0 Å². The highest BCUT2D eigenvalue weighted by Gasteiger charge is 2.35. The fourth-order valence-electron chi connectivity index (χ4n) is 2.77. The summed E-state index contributed by atoms with van der Waals surface area (Å²) in [5, 5.41) is 3.24. The van der Waals surface area contributed by atoms with Gasteiger partial charge in [-0.15, -0.1) is 0 Å². The smallest absolute Gasteiger partial charge is 0.261 e. The monoisotopic (exact) mass is 303 g/mol. The van der Waals surface area contributed by atoms with E-state index < -0.39 is 0 Å². The molecule has 0 saturated carbocycles. The predicted octanol–water partition coefficient (Wildman–Crippen LogP) is 2.67. The Bertz CT molecular complexity index is 848. The third kappa shape index (κ3) is 2.23. The van der Waals surface area contributed by atoms with E-state index in [0.717, 1.165) is 11.3 Å². The van der Waals surface area contributed by atoms with Gasteiger partial charge < -0.3 is 5.32 Å². The summed E-state index contributed by atoms with van der Waals surface area (Å²) in [7, 11) is 0. The molecule has 2 amide bonds. The van der Waals surface area contributed by atoms with Gasteiger partial charge in [-0.05, 0) is 18.2 Å². The lowest BCUT2D eigenvalue weighted by Crippen LogP contribution is -2.33. The lowest BCUT2D eigenvalue weighted by atomic mass is 10.1. The second kappa shape index (κ2) is 5.21. The molecule has 0 aromatic heterocycles. The van der Waals surface area contributed by atoms with E-state index in [9.17, 15) is 9.59 Å². The van der Waals surface area contributed by atoms with Crippen LogP contribution in [0.4, 0.5) is 5.69 Å². The van der Waals surface area contributed by atoms with Crippen molar-refractivity contribution in [2.24, 2.45) is 4.99 Å². The summed E-state index contributed by atoms with van der Waals surface area (Å²) in [6.45, 7) is 0.165. The zero-order valence-corrected chi connectivity index (χ0v) is 12.2. The first-order valence-electron chi connectivity index (χ1n) is 7.27. The second-order valence-electron chi connectivity index (χ2n) is 5.39. The molecule has 5 heteroatoms. The maximum Gasteiger partial charge on any atom is 0.261 e. The Labute approximate surface area is 133 Å². The standard InChI is InChI=1S/C18H13N3O2/c22-17-14-6-2-3-7-15(14)18(23)21(17)11-13-10-19-9-12-5-1-4-8-16(12)20-13/h1-10,20H,11H2. The van der Waals surface area contributed by atoms with Crippen molar-refractivity contribution in [1.82, 2.24) is 4.90 Å². The van der Waals surface area contributed by atoms with Crippen molar-refractivity contribution in [2.45, 2.75) is 0 Å². The minimum absolute atomic E-state index is 0.165.